The lowest BCUT2D eigenvalue weighted by molar-refractivity contribution is 0.00358. The van der Waals surface area contributed by atoms with E-state index in [1.54, 1.807) is 0 Å². The number of nitrogens with two attached hydrogens (primary N) is 1. The first-order chi connectivity index (χ1) is 9.60. The summed E-state index contributed by atoms with van der Waals surface area (Å²) in [6.07, 6.45) is 2.76. The maximum Gasteiger partial charge on any atom is 0.122 e. The van der Waals surface area contributed by atoms with Gasteiger partial charge in [0.1, 0.15) is 5.84 Å². The van der Waals surface area contributed by atoms with Gasteiger partial charge >= 0.3 is 0 Å². The summed E-state index contributed by atoms with van der Waals surface area (Å²) in [5.41, 5.74) is 8.84. The number of piperidine rings is 1. The highest BCUT2D eigenvalue weighted by molar-refractivity contribution is 5.95. The van der Waals surface area contributed by atoms with E-state index in [2.05, 4.69) is 24.8 Å². The summed E-state index contributed by atoms with van der Waals surface area (Å²) in [6, 6.07) is 6.03. The minimum Gasteiger partial charge on any atom is -0.384 e. The number of nitrogens with zero attached hydrogens (tertiary/aromatic N) is 1. The molecule has 110 valence electrons. The van der Waals surface area contributed by atoms with Crippen molar-refractivity contribution in [2.75, 3.05) is 19.7 Å². The highest BCUT2D eigenvalue weighted by atomic mass is 16.5. The van der Waals surface area contributed by atoms with E-state index in [-0.39, 0.29) is 5.84 Å². The SMILES string of the molecule is CCOC1CCCN(Cc2ccc(C(=N)N)cc2C)C1. The van der Waals surface area contributed by atoms with Crippen LogP contribution in [0.5, 0.6) is 0 Å². The number of benzene rings is 1. The van der Waals surface area contributed by atoms with Crippen LogP contribution in [-0.4, -0.2) is 36.5 Å². The molecule has 1 fully saturated rings. The van der Waals surface area contributed by atoms with E-state index in [9.17, 15) is 0 Å². The van der Waals surface area contributed by atoms with Crippen LogP contribution < -0.4 is 5.73 Å². The number of ether oxygens (including phenoxy) is 1. The van der Waals surface area contributed by atoms with Crippen molar-refractivity contribution in [1.29, 1.82) is 5.41 Å². The molecule has 4 nitrogen and oxygen atoms in total. The summed E-state index contributed by atoms with van der Waals surface area (Å²) in [7, 11) is 0. The highest BCUT2D eigenvalue weighted by Crippen LogP contribution is 2.18. The third kappa shape index (κ3) is 3.81. The van der Waals surface area contributed by atoms with Crippen molar-refractivity contribution in [2.45, 2.75) is 39.3 Å². The van der Waals surface area contributed by atoms with Crippen molar-refractivity contribution in [3.8, 4) is 0 Å². The van der Waals surface area contributed by atoms with E-state index in [1.165, 1.54) is 24.0 Å². The Hall–Kier alpha value is -1.39. The fraction of sp³-hybridized carbons (Fsp3) is 0.562. The number of aryl methyl sites for hydroxylation is 1. The molecule has 20 heavy (non-hydrogen) atoms. The van der Waals surface area contributed by atoms with Gasteiger partial charge in [0.15, 0.2) is 0 Å². The smallest absolute Gasteiger partial charge is 0.122 e. The molecule has 1 atom stereocenters. The molecule has 0 amide bonds. The van der Waals surface area contributed by atoms with Gasteiger partial charge in [-0.3, -0.25) is 10.3 Å². The minimum atomic E-state index is 0.133. The van der Waals surface area contributed by atoms with Gasteiger partial charge in [-0.15, -0.1) is 0 Å². The zero-order chi connectivity index (χ0) is 14.5. The first-order valence-corrected chi connectivity index (χ1v) is 7.38. The van der Waals surface area contributed by atoms with Gasteiger partial charge in [0.2, 0.25) is 0 Å². The van der Waals surface area contributed by atoms with Gasteiger partial charge < -0.3 is 10.5 Å². The van der Waals surface area contributed by atoms with Crippen LogP contribution in [-0.2, 0) is 11.3 Å². The largest absolute Gasteiger partial charge is 0.384 e. The number of amidine groups is 1. The van der Waals surface area contributed by atoms with Gasteiger partial charge in [0, 0.05) is 25.3 Å². The maximum atomic E-state index is 7.48. The molecule has 2 rings (SSSR count). The van der Waals surface area contributed by atoms with Gasteiger partial charge in [-0.1, -0.05) is 12.1 Å². The summed E-state index contributed by atoms with van der Waals surface area (Å²) in [4.78, 5) is 2.46. The Labute approximate surface area is 121 Å². The molecule has 1 aliphatic rings. The predicted molar refractivity (Wildman–Crippen MR) is 82.1 cm³/mol. The quantitative estimate of drug-likeness (QED) is 0.640. The third-order valence-electron chi connectivity index (χ3n) is 3.91. The molecule has 0 aromatic heterocycles. The van der Waals surface area contributed by atoms with Crippen molar-refractivity contribution in [2.24, 2.45) is 5.73 Å². The Morgan fingerprint density at radius 1 is 1.50 bits per heavy atom. The summed E-state index contributed by atoms with van der Waals surface area (Å²) in [5.74, 6) is 0.133. The van der Waals surface area contributed by atoms with Gasteiger partial charge in [-0.25, -0.2) is 0 Å². The van der Waals surface area contributed by atoms with E-state index >= 15 is 0 Å². The summed E-state index contributed by atoms with van der Waals surface area (Å²) in [6.45, 7) is 8.05. The van der Waals surface area contributed by atoms with Crippen LogP contribution in [0.4, 0.5) is 0 Å². The average molecular weight is 275 g/mol. The molecule has 1 heterocycles. The second kappa shape index (κ2) is 6.86. The maximum absolute atomic E-state index is 7.48. The highest BCUT2D eigenvalue weighted by Gasteiger charge is 2.20. The Kier molecular flexibility index (Phi) is 5.15. The van der Waals surface area contributed by atoms with E-state index in [4.69, 9.17) is 15.9 Å². The van der Waals surface area contributed by atoms with Gasteiger partial charge in [-0.05, 0) is 50.4 Å². The first kappa shape index (κ1) is 15.0. The van der Waals surface area contributed by atoms with E-state index < -0.39 is 0 Å². The molecular weight excluding hydrogens is 250 g/mol. The van der Waals surface area contributed by atoms with Crippen LogP contribution in [0.2, 0.25) is 0 Å². The summed E-state index contributed by atoms with van der Waals surface area (Å²) >= 11 is 0. The Balaban J connectivity index is 2.00. The van der Waals surface area contributed by atoms with E-state index in [1.807, 2.05) is 12.1 Å². The van der Waals surface area contributed by atoms with Crippen LogP contribution in [0.25, 0.3) is 0 Å². The first-order valence-electron chi connectivity index (χ1n) is 7.38. The second-order valence-electron chi connectivity index (χ2n) is 5.51. The number of hydrogen-bond donors (Lipinski definition) is 2. The molecule has 0 bridgehead atoms. The molecule has 0 saturated carbocycles. The van der Waals surface area contributed by atoms with Gasteiger partial charge in [0.25, 0.3) is 0 Å². The fourth-order valence-electron chi connectivity index (χ4n) is 2.81. The van der Waals surface area contributed by atoms with Crippen molar-refractivity contribution in [3.63, 3.8) is 0 Å². The zero-order valence-corrected chi connectivity index (χ0v) is 12.5. The van der Waals surface area contributed by atoms with Crippen molar-refractivity contribution in [3.05, 3.63) is 34.9 Å². The lowest BCUT2D eigenvalue weighted by Crippen LogP contribution is -2.39. The van der Waals surface area contributed by atoms with Crippen LogP contribution in [0.3, 0.4) is 0 Å². The molecule has 0 aliphatic carbocycles. The Bertz CT molecular complexity index is 471. The van der Waals surface area contributed by atoms with Crippen molar-refractivity contribution >= 4 is 5.84 Å². The van der Waals surface area contributed by atoms with Crippen LogP contribution in [0, 0.1) is 12.3 Å². The lowest BCUT2D eigenvalue weighted by Gasteiger charge is -2.32. The molecule has 0 radical (unpaired) electrons. The van der Waals surface area contributed by atoms with Gasteiger partial charge in [-0.2, -0.15) is 0 Å². The number of nitrogens with one attached hydrogen (secondary N) is 1. The topological polar surface area (TPSA) is 62.3 Å². The lowest BCUT2D eigenvalue weighted by atomic mass is 10.0. The fourth-order valence-corrected chi connectivity index (χ4v) is 2.81. The van der Waals surface area contributed by atoms with Gasteiger partial charge in [0.05, 0.1) is 6.10 Å². The molecule has 1 unspecified atom stereocenters. The van der Waals surface area contributed by atoms with Crippen LogP contribution >= 0.6 is 0 Å². The zero-order valence-electron chi connectivity index (χ0n) is 12.5. The summed E-state index contributed by atoms with van der Waals surface area (Å²) < 4.78 is 5.75. The van der Waals surface area contributed by atoms with E-state index in [0.717, 1.165) is 31.8 Å². The van der Waals surface area contributed by atoms with E-state index in [0.29, 0.717) is 6.10 Å². The molecule has 4 heteroatoms. The molecule has 3 N–H and O–H groups in total. The number of hydrogen-bond acceptors (Lipinski definition) is 3. The number of rotatable bonds is 5. The second-order valence-corrected chi connectivity index (χ2v) is 5.51. The Morgan fingerprint density at radius 3 is 2.95 bits per heavy atom. The normalized spacial score (nSPS) is 20.0. The standard InChI is InChI=1S/C16H25N3O/c1-3-20-15-5-4-8-19(11-15)10-14-7-6-13(16(17)18)9-12(14)2/h6-7,9,15H,3-5,8,10-11H2,1-2H3,(H3,17,18). The Morgan fingerprint density at radius 2 is 2.30 bits per heavy atom. The van der Waals surface area contributed by atoms with Crippen LogP contribution in [0.15, 0.2) is 18.2 Å². The molecule has 1 aliphatic heterocycles. The molecule has 0 spiro atoms. The number of nitrogen functional groups attached to an aromatic ring is 1. The minimum absolute atomic E-state index is 0.133. The van der Waals surface area contributed by atoms with Crippen LogP contribution in [0.1, 0.15) is 36.5 Å². The predicted octanol–water partition coefficient (Wildman–Crippen LogP) is 2.28. The number of likely N-dealkylation sites (tertiary alicyclic amines) is 1. The molecular formula is C16H25N3O. The molecule has 1 saturated heterocycles. The van der Waals surface area contributed by atoms with Crippen molar-refractivity contribution < 1.29 is 4.74 Å². The molecule has 1 aromatic carbocycles. The average Bonchev–Trinajstić information content (AvgIpc) is 2.42. The third-order valence-corrected chi connectivity index (χ3v) is 3.91. The van der Waals surface area contributed by atoms with Crippen molar-refractivity contribution in [1.82, 2.24) is 4.90 Å². The molecule has 1 aromatic rings. The monoisotopic (exact) mass is 275 g/mol. The summed E-state index contributed by atoms with van der Waals surface area (Å²) in [5, 5.41) is 7.48.